The Hall–Kier alpha value is -0.390. The van der Waals surface area contributed by atoms with Gasteiger partial charge in [-0.15, -0.1) is 11.3 Å². The van der Waals surface area contributed by atoms with Gasteiger partial charge in [0, 0.05) is 4.88 Å². The van der Waals surface area contributed by atoms with E-state index in [9.17, 15) is 4.79 Å². The fraction of sp³-hybridized carbons (Fsp3) is 0.167. The van der Waals surface area contributed by atoms with Crippen molar-refractivity contribution < 1.29 is 15.0 Å². The minimum absolute atomic E-state index is 0.435. The van der Waals surface area contributed by atoms with Crippen molar-refractivity contribution in [3.05, 3.63) is 20.8 Å². The standard InChI is InChI=1S/C6H5BrO3S/c7-4-2-1-3(11-4)5(8)6(9)10/h1-2,5,8H,(H,9,10). The van der Waals surface area contributed by atoms with Gasteiger partial charge in [-0.05, 0) is 28.1 Å². The summed E-state index contributed by atoms with van der Waals surface area (Å²) in [5.41, 5.74) is 0. The number of halogens is 1. The first-order valence-corrected chi connectivity index (χ1v) is 4.38. The predicted molar refractivity (Wildman–Crippen MR) is 44.6 cm³/mol. The van der Waals surface area contributed by atoms with E-state index in [4.69, 9.17) is 10.2 Å². The van der Waals surface area contributed by atoms with Crippen LogP contribution in [0.2, 0.25) is 0 Å². The van der Waals surface area contributed by atoms with Gasteiger partial charge in [0.05, 0.1) is 3.79 Å². The molecule has 1 atom stereocenters. The van der Waals surface area contributed by atoms with Gasteiger partial charge in [0.25, 0.3) is 0 Å². The quantitative estimate of drug-likeness (QED) is 0.821. The first-order valence-electron chi connectivity index (χ1n) is 2.77. The summed E-state index contributed by atoms with van der Waals surface area (Å²) in [7, 11) is 0. The van der Waals surface area contributed by atoms with Crippen LogP contribution >= 0.6 is 27.3 Å². The maximum Gasteiger partial charge on any atom is 0.338 e. The zero-order chi connectivity index (χ0) is 8.43. The van der Waals surface area contributed by atoms with Gasteiger partial charge in [-0.1, -0.05) is 0 Å². The second kappa shape index (κ2) is 3.34. The van der Waals surface area contributed by atoms with E-state index in [2.05, 4.69) is 15.9 Å². The van der Waals surface area contributed by atoms with Crippen LogP contribution in [0.15, 0.2) is 15.9 Å². The van der Waals surface area contributed by atoms with Crippen molar-refractivity contribution >= 4 is 33.2 Å². The number of aliphatic hydroxyl groups excluding tert-OH is 1. The van der Waals surface area contributed by atoms with E-state index in [1.165, 1.54) is 11.3 Å². The number of aliphatic carboxylic acids is 1. The number of carboxylic acid groups (broad SMARTS) is 1. The number of rotatable bonds is 2. The molecule has 0 saturated carbocycles. The van der Waals surface area contributed by atoms with Crippen LogP contribution < -0.4 is 0 Å². The van der Waals surface area contributed by atoms with Crippen LogP contribution in [0.4, 0.5) is 0 Å². The Balaban J connectivity index is 2.84. The third kappa shape index (κ3) is 2.02. The summed E-state index contributed by atoms with van der Waals surface area (Å²) in [4.78, 5) is 10.7. The molecule has 0 aromatic carbocycles. The highest BCUT2D eigenvalue weighted by Crippen LogP contribution is 2.27. The molecule has 0 spiro atoms. The molecule has 0 fully saturated rings. The molecule has 0 aliphatic rings. The van der Waals surface area contributed by atoms with Crippen molar-refractivity contribution in [2.75, 3.05) is 0 Å². The van der Waals surface area contributed by atoms with Crippen LogP contribution in [0.1, 0.15) is 11.0 Å². The third-order valence-corrected chi connectivity index (χ3v) is 2.77. The molecule has 5 heteroatoms. The predicted octanol–water partition coefficient (Wildman–Crippen LogP) is 1.63. The number of carboxylic acids is 1. The molecule has 1 unspecified atom stereocenters. The summed E-state index contributed by atoms with van der Waals surface area (Å²) in [5.74, 6) is -1.22. The van der Waals surface area contributed by atoms with E-state index < -0.39 is 12.1 Å². The molecular weight excluding hydrogens is 232 g/mol. The van der Waals surface area contributed by atoms with Crippen molar-refractivity contribution in [1.29, 1.82) is 0 Å². The molecule has 1 aromatic heterocycles. The van der Waals surface area contributed by atoms with Gasteiger partial charge in [-0.3, -0.25) is 0 Å². The smallest absolute Gasteiger partial charge is 0.338 e. The lowest BCUT2D eigenvalue weighted by Gasteiger charge is -1.99. The fourth-order valence-electron chi connectivity index (χ4n) is 0.597. The average molecular weight is 237 g/mol. The second-order valence-electron chi connectivity index (χ2n) is 1.88. The van der Waals surface area contributed by atoms with E-state index in [0.29, 0.717) is 4.88 Å². The summed E-state index contributed by atoms with van der Waals surface area (Å²) in [6.07, 6.45) is -1.40. The fourth-order valence-corrected chi connectivity index (χ4v) is 2.00. The first kappa shape index (κ1) is 8.70. The molecule has 1 heterocycles. The van der Waals surface area contributed by atoms with E-state index in [1.807, 2.05) is 0 Å². The Labute approximate surface area is 75.4 Å². The number of carbonyl (C=O) groups is 1. The Bertz CT molecular complexity index is 271. The lowest BCUT2D eigenvalue weighted by atomic mass is 10.3. The highest BCUT2D eigenvalue weighted by Gasteiger charge is 2.17. The molecular formula is C6H5BrO3S. The number of hydrogen-bond acceptors (Lipinski definition) is 3. The third-order valence-electron chi connectivity index (χ3n) is 1.10. The van der Waals surface area contributed by atoms with Gasteiger partial charge in [-0.2, -0.15) is 0 Å². The molecule has 0 saturated heterocycles. The molecule has 0 bridgehead atoms. The largest absolute Gasteiger partial charge is 0.479 e. The van der Waals surface area contributed by atoms with E-state index in [1.54, 1.807) is 12.1 Å². The van der Waals surface area contributed by atoms with Crippen LogP contribution in [0.3, 0.4) is 0 Å². The number of aliphatic hydroxyl groups is 1. The Morgan fingerprint density at radius 1 is 1.64 bits per heavy atom. The zero-order valence-electron chi connectivity index (χ0n) is 5.32. The summed E-state index contributed by atoms with van der Waals surface area (Å²) >= 11 is 4.37. The summed E-state index contributed by atoms with van der Waals surface area (Å²) in [6, 6.07) is 3.28. The van der Waals surface area contributed by atoms with E-state index in [-0.39, 0.29) is 0 Å². The van der Waals surface area contributed by atoms with Gasteiger partial charge in [0.15, 0.2) is 6.10 Å². The molecule has 0 radical (unpaired) electrons. The van der Waals surface area contributed by atoms with Crippen molar-refractivity contribution in [2.24, 2.45) is 0 Å². The van der Waals surface area contributed by atoms with Crippen LogP contribution in [0.5, 0.6) is 0 Å². The van der Waals surface area contributed by atoms with Gasteiger partial charge in [0.2, 0.25) is 0 Å². The monoisotopic (exact) mass is 236 g/mol. The van der Waals surface area contributed by atoms with Gasteiger partial charge in [0.1, 0.15) is 0 Å². The molecule has 11 heavy (non-hydrogen) atoms. The minimum Gasteiger partial charge on any atom is -0.479 e. The highest BCUT2D eigenvalue weighted by atomic mass is 79.9. The normalized spacial score (nSPS) is 12.9. The SMILES string of the molecule is O=C(O)C(O)c1ccc(Br)s1. The highest BCUT2D eigenvalue weighted by molar-refractivity contribution is 9.11. The van der Waals surface area contributed by atoms with Crippen LogP contribution in [0, 0.1) is 0 Å². The minimum atomic E-state index is -1.40. The van der Waals surface area contributed by atoms with Crippen LogP contribution in [-0.2, 0) is 4.79 Å². The Kier molecular flexibility index (Phi) is 2.64. The van der Waals surface area contributed by atoms with E-state index >= 15 is 0 Å². The summed E-state index contributed by atoms with van der Waals surface area (Å²) in [5, 5.41) is 17.4. The molecule has 60 valence electrons. The van der Waals surface area contributed by atoms with E-state index in [0.717, 1.165) is 3.79 Å². The Morgan fingerprint density at radius 2 is 2.27 bits per heavy atom. The molecule has 1 rings (SSSR count). The summed E-state index contributed by atoms with van der Waals surface area (Å²) in [6.45, 7) is 0. The average Bonchev–Trinajstić information content (AvgIpc) is 2.34. The maximum atomic E-state index is 10.3. The van der Waals surface area contributed by atoms with Crippen molar-refractivity contribution in [1.82, 2.24) is 0 Å². The topological polar surface area (TPSA) is 57.5 Å². The molecule has 0 aliphatic heterocycles. The van der Waals surface area contributed by atoms with Crippen LogP contribution in [-0.4, -0.2) is 16.2 Å². The molecule has 3 nitrogen and oxygen atoms in total. The molecule has 2 N–H and O–H groups in total. The van der Waals surface area contributed by atoms with Crippen molar-refractivity contribution in [2.45, 2.75) is 6.10 Å². The summed E-state index contributed by atoms with van der Waals surface area (Å²) < 4.78 is 0.813. The van der Waals surface area contributed by atoms with Crippen molar-refractivity contribution in [3.8, 4) is 0 Å². The Morgan fingerprint density at radius 3 is 2.64 bits per heavy atom. The zero-order valence-corrected chi connectivity index (χ0v) is 7.72. The van der Waals surface area contributed by atoms with Gasteiger partial charge < -0.3 is 10.2 Å². The molecule has 0 aliphatic carbocycles. The van der Waals surface area contributed by atoms with Crippen LogP contribution in [0.25, 0.3) is 0 Å². The van der Waals surface area contributed by atoms with Gasteiger partial charge >= 0.3 is 5.97 Å². The lowest BCUT2D eigenvalue weighted by Crippen LogP contribution is -2.08. The first-order chi connectivity index (χ1) is 5.11. The maximum absolute atomic E-state index is 10.3. The van der Waals surface area contributed by atoms with Crippen molar-refractivity contribution in [3.63, 3.8) is 0 Å². The molecule has 0 amide bonds. The second-order valence-corrected chi connectivity index (χ2v) is 4.38. The molecule has 1 aromatic rings. The van der Waals surface area contributed by atoms with Gasteiger partial charge in [-0.25, -0.2) is 4.79 Å². The number of hydrogen-bond donors (Lipinski definition) is 2. The number of thiophene rings is 1. The lowest BCUT2D eigenvalue weighted by molar-refractivity contribution is -0.146.